The van der Waals surface area contributed by atoms with Gasteiger partial charge in [-0.25, -0.2) is 17.2 Å². The molecule has 1 saturated carbocycles. The lowest BCUT2D eigenvalue weighted by molar-refractivity contribution is -0.228. The van der Waals surface area contributed by atoms with Crippen molar-refractivity contribution in [2.45, 2.75) is 73.5 Å². The van der Waals surface area contributed by atoms with E-state index in [0.717, 1.165) is 36.4 Å². The molecule has 0 spiro atoms. The Bertz CT molecular complexity index is 1330. The number of nitrogens with one attached hydrogen (secondary N) is 1. The minimum absolute atomic E-state index is 0.0955. The lowest BCUT2D eigenvalue weighted by Gasteiger charge is -2.43. The molecular formula is C27H30F5NO4S. The van der Waals surface area contributed by atoms with E-state index in [9.17, 15) is 40.3 Å². The number of rotatable bonds is 6. The fraction of sp³-hybridized carbons (Fsp3) is 0.519. The summed E-state index contributed by atoms with van der Waals surface area (Å²) in [6.07, 6.45) is -4.18. The highest BCUT2D eigenvalue weighted by molar-refractivity contribution is 7.92. The molecule has 38 heavy (non-hydrogen) atoms. The molecule has 0 bridgehead atoms. The first-order chi connectivity index (χ1) is 17.4. The van der Waals surface area contributed by atoms with E-state index in [1.165, 1.54) is 19.9 Å². The summed E-state index contributed by atoms with van der Waals surface area (Å²) in [5.41, 5.74) is -5.25. The number of amides is 1. The van der Waals surface area contributed by atoms with Crippen LogP contribution in [0.5, 0.6) is 0 Å². The van der Waals surface area contributed by atoms with Crippen LogP contribution in [0.2, 0.25) is 0 Å². The van der Waals surface area contributed by atoms with Crippen molar-refractivity contribution in [3.05, 3.63) is 65.0 Å². The zero-order chi connectivity index (χ0) is 28.3. The summed E-state index contributed by atoms with van der Waals surface area (Å²) in [4.78, 5) is 12.1. The van der Waals surface area contributed by atoms with Crippen molar-refractivity contribution in [3.63, 3.8) is 0 Å². The summed E-state index contributed by atoms with van der Waals surface area (Å²) >= 11 is 0. The number of sulfone groups is 1. The van der Waals surface area contributed by atoms with Gasteiger partial charge in [0.15, 0.2) is 9.84 Å². The fourth-order valence-electron chi connectivity index (χ4n) is 5.94. The van der Waals surface area contributed by atoms with Crippen molar-refractivity contribution in [1.29, 1.82) is 0 Å². The van der Waals surface area contributed by atoms with E-state index in [2.05, 4.69) is 5.32 Å². The second-order valence-corrected chi connectivity index (χ2v) is 13.1. The average molecular weight is 560 g/mol. The molecule has 2 aromatic rings. The lowest BCUT2D eigenvalue weighted by atomic mass is 9.72. The van der Waals surface area contributed by atoms with Crippen LogP contribution in [0.25, 0.3) is 0 Å². The Morgan fingerprint density at radius 1 is 1.05 bits per heavy atom. The summed E-state index contributed by atoms with van der Waals surface area (Å²) in [6, 6.07) is 7.73. The number of carbonyl (C=O) groups is 1. The van der Waals surface area contributed by atoms with E-state index in [-0.39, 0.29) is 36.6 Å². The molecule has 0 aromatic heterocycles. The van der Waals surface area contributed by atoms with Gasteiger partial charge in [-0.15, -0.1) is 0 Å². The molecule has 11 heteroatoms. The fourth-order valence-corrected chi connectivity index (χ4v) is 8.44. The number of benzene rings is 2. The van der Waals surface area contributed by atoms with Gasteiger partial charge in [-0.2, -0.15) is 13.2 Å². The molecule has 4 atom stereocenters. The van der Waals surface area contributed by atoms with E-state index in [0.29, 0.717) is 24.5 Å². The van der Waals surface area contributed by atoms with Crippen LogP contribution in [0, 0.1) is 17.7 Å². The summed E-state index contributed by atoms with van der Waals surface area (Å²) in [7, 11) is -4.21. The monoisotopic (exact) mass is 559 g/mol. The van der Waals surface area contributed by atoms with Crippen molar-refractivity contribution in [3.8, 4) is 0 Å². The third kappa shape index (κ3) is 4.51. The molecule has 2 aliphatic carbocycles. The maximum atomic E-state index is 14.8. The smallest absolute Gasteiger partial charge is 0.381 e. The molecule has 2 aromatic carbocycles. The van der Waals surface area contributed by atoms with Crippen molar-refractivity contribution < 1.29 is 40.3 Å². The number of alkyl halides is 4. The average Bonchev–Trinajstić information content (AvgIpc) is 3.21. The standard InChI is InChI=1S/C27H30F5NO4S/c1-24(2,35)23(34)33-15-17-12-13-26(38(36,37)20-8-6-19(28)7-9-20)21-11-5-18(25(3,29)27(30,31)32)14-16(21)4-10-22(17)26/h5-9,11,14,17,22,35H,4,10,12-13,15H2,1-3H3,(H,33,34)/t17-,22-,25?,26+/m0/s1. The summed E-state index contributed by atoms with van der Waals surface area (Å²) < 4.78 is 95.6. The molecule has 208 valence electrons. The Labute approximate surface area is 218 Å². The quantitative estimate of drug-likeness (QED) is 0.381. The molecule has 2 N–H and O–H groups in total. The Kier molecular flexibility index (Phi) is 6.96. The molecule has 5 nitrogen and oxygen atoms in total. The second-order valence-electron chi connectivity index (χ2n) is 10.9. The maximum absolute atomic E-state index is 14.8. The van der Waals surface area contributed by atoms with Crippen LogP contribution in [-0.2, 0) is 31.5 Å². The van der Waals surface area contributed by atoms with Gasteiger partial charge in [0.25, 0.3) is 5.91 Å². The molecule has 4 rings (SSSR count). The van der Waals surface area contributed by atoms with Gasteiger partial charge >= 0.3 is 6.18 Å². The van der Waals surface area contributed by atoms with Crippen LogP contribution >= 0.6 is 0 Å². The van der Waals surface area contributed by atoms with Crippen LogP contribution in [0.3, 0.4) is 0 Å². The van der Waals surface area contributed by atoms with Crippen LogP contribution in [0.4, 0.5) is 22.0 Å². The molecule has 0 heterocycles. The minimum atomic E-state index is -5.16. The molecule has 0 aliphatic heterocycles. The molecule has 1 fully saturated rings. The molecule has 2 aliphatic rings. The predicted molar refractivity (Wildman–Crippen MR) is 130 cm³/mol. The largest absolute Gasteiger partial charge is 0.426 e. The molecule has 0 saturated heterocycles. The highest BCUT2D eigenvalue weighted by atomic mass is 32.2. The van der Waals surface area contributed by atoms with Gasteiger partial charge in [0, 0.05) is 6.54 Å². The number of aliphatic hydroxyl groups is 1. The first-order valence-corrected chi connectivity index (χ1v) is 13.8. The Balaban J connectivity index is 1.83. The van der Waals surface area contributed by atoms with Crippen molar-refractivity contribution in [1.82, 2.24) is 5.32 Å². The molecular weight excluding hydrogens is 529 g/mol. The highest BCUT2D eigenvalue weighted by Gasteiger charge is 2.60. The number of halogens is 5. The van der Waals surface area contributed by atoms with E-state index in [1.807, 2.05) is 0 Å². The first kappa shape index (κ1) is 28.5. The summed E-state index contributed by atoms with van der Waals surface area (Å²) in [5, 5.41) is 12.6. The SMILES string of the molecule is CC(C)(O)C(=O)NC[C@@H]1CC[C@@]2(S(=O)(=O)c3ccc(F)cc3)c3ccc(C(C)(F)C(F)(F)F)cc3CC[C@@H]12. The van der Waals surface area contributed by atoms with Crippen LogP contribution in [-0.4, -0.2) is 37.8 Å². The molecule has 1 unspecified atom stereocenters. The van der Waals surface area contributed by atoms with E-state index >= 15 is 0 Å². The van der Waals surface area contributed by atoms with Crippen LogP contribution in [0.15, 0.2) is 47.4 Å². The number of aryl methyl sites for hydroxylation is 1. The molecule has 1 amide bonds. The number of carbonyl (C=O) groups excluding carboxylic acids is 1. The van der Waals surface area contributed by atoms with E-state index < -0.39 is 55.2 Å². The van der Waals surface area contributed by atoms with E-state index in [4.69, 9.17) is 0 Å². The van der Waals surface area contributed by atoms with Crippen LogP contribution in [0.1, 0.15) is 56.7 Å². The number of fused-ring (bicyclic) bond motifs is 3. The maximum Gasteiger partial charge on any atom is 0.426 e. The van der Waals surface area contributed by atoms with Gasteiger partial charge in [-0.3, -0.25) is 4.79 Å². The zero-order valence-electron chi connectivity index (χ0n) is 21.2. The van der Waals surface area contributed by atoms with Crippen molar-refractivity contribution in [2.75, 3.05) is 6.54 Å². The predicted octanol–water partition coefficient (Wildman–Crippen LogP) is 5.10. The minimum Gasteiger partial charge on any atom is -0.381 e. The normalized spacial score (nSPS) is 25.3. The summed E-state index contributed by atoms with van der Waals surface area (Å²) in [5.74, 6) is -2.09. The highest BCUT2D eigenvalue weighted by Crippen LogP contribution is 2.59. The van der Waals surface area contributed by atoms with Gasteiger partial charge < -0.3 is 10.4 Å². The third-order valence-corrected chi connectivity index (χ3v) is 10.7. The zero-order valence-corrected chi connectivity index (χ0v) is 22.0. The Morgan fingerprint density at radius 3 is 2.26 bits per heavy atom. The van der Waals surface area contributed by atoms with Crippen molar-refractivity contribution in [2.24, 2.45) is 11.8 Å². The molecule has 0 radical (unpaired) electrons. The topological polar surface area (TPSA) is 83.5 Å². The lowest BCUT2D eigenvalue weighted by Crippen LogP contribution is -2.48. The van der Waals surface area contributed by atoms with Gasteiger partial charge in [-0.05, 0) is 99.2 Å². The second kappa shape index (κ2) is 9.29. The van der Waals surface area contributed by atoms with E-state index in [1.54, 1.807) is 0 Å². The van der Waals surface area contributed by atoms with Gasteiger partial charge in [0.05, 0.1) is 4.90 Å². The number of hydrogen-bond acceptors (Lipinski definition) is 4. The van der Waals surface area contributed by atoms with Gasteiger partial charge in [-0.1, -0.05) is 18.2 Å². The first-order valence-electron chi connectivity index (χ1n) is 12.3. The third-order valence-electron chi connectivity index (χ3n) is 8.10. The van der Waals surface area contributed by atoms with Gasteiger partial charge in [0.2, 0.25) is 5.67 Å². The van der Waals surface area contributed by atoms with Gasteiger partial charge in [0.1, 0.15) is 16.2 Å². The summed E-state index contributed by atoms with van der Waals surface area (Å²) in [6.45, 7) is 3.18. The van der Waals surface area contributed by atoms with Crippen molar-refractivity contribution >= 4 is 15.7 Å². The Morgan fingerprint density at radius 2 is 1.68 bits per heavy atom. The Hall–Kier alpha value is -2.53. The van der Waals surface area contributed by atoms with Crippen LogP contribution < -0.4 is 5.32 Å². The number of hydrogen-bond donors (Lipinski definition) is 2.